The molecule has 1 aromatic heterocycles. The second kappa shape index (κ2) is 8.49. The van der Waals surface area contributed by atoms with E-state index in [1.54, 1.807) is 30.3 Å². The summed E-state index contributed by atoms with van der Waals surface area (Å²) < 4.78 is 5.94. The van der Waals surface area contributed by atoms with E-state index in [9.17, 15) is 4.79 Å². The van der Waals surface area contributed by atoms with Gasteiger partial charge >= 0.3 is 0 Å². The van der Waals surface area contributed by atoms with Crippen LogP contribution in [-0.4, -0.2) is 16.0 Å². The van der Waals surface area contributed by atoms with E-state index in [0.717, 1.165) is 22.2 Å². The first kappa shape index (κ1) is 21.0. The van der Waals surface area contributed by atoms with E-state index in [0.29, 0.717) is 33.3 Å². The maximum absolute atomic E-state index is 12.4. The van der Waals surface area contributed by atoms with Gasteiger partial charge in [0.05, 0.1) is 10.6 Å². The maximum atomic E-state index is 12.4. The number of aryl methyl sites for hydroxylation is 3. The van der Waals surface area contributed by atoms with Gasteiger partial charge in [-0.1, -0.05) is 29.3 Å². The van der Waals surface area contributed by atoms with Crippen molar-refractivity contribution in [2.45, 2.75) is 20.8 Å². The average molecular weight is 450 g/mol. The molecule has 3 aromatic carbocycles. The molecule has 1 heterocycles. The summed E-state index contributed by atoms with van der Waals surface area (Å²) in [5, 5.41) is 6.38. The lowest BCUT2D eigenvalue weighted by Gasteiger charge is -2.11. The number of anilines is 1. The predicted molar refractivity (Wildman–Crippen MR) is 129 cm³/mol. The van der Waals surface area contributed by atoms with Crippen LogP contribution >= 0.6 is 23.8 Å². The van der Waals surface area contributed by atoms with Gasteiger partial charge in [-0.3, -0.25) is 10.1 Å². The second-order valence-electron chi connectivity index (χ2n) is 7.39. The number of amides is 1. The number of thiocarbonyl (C=S) groups is 1. The fourth-order valence-corrected chi connectivity index (χ4v) is 3.51. The third kappa shape index (κ3) is 4.60. The fraction of sp³-hybridized carbons (Fsp3) is 0.125. The van der Waals surface area contributed by atoms with Gasteiger partial charge in [0.1, 0.15) is 5.52 Å². The second-order valence-corrected chi connectivity index (χ2v) is 8.21. The molecule has 0 saturated carbocycles. The Morgan fingerprint density at radius 1 is 1.00 bits per heavy atom. The minimum absolute atomic E-state index is 0.183. The fourth-order valence-electron chi connectivity index (χ4n) is 3.10. The van der Waals surface area contributed by atoms with Crippen molar-refractivity contribution >= 4 is 51.6 Å². The summed E-state index contributed by atoms with van der Waals surface area (Å²) in [7, 11) is 0. The molecular formula is C24H20ClN3O2S. The Bertz CT molecular complexity index is 1270. The minimum atomic E-state index is -0.281. The molecule has 0 radical (unpaired) electrons. The average Bonchev–Trinajstić information content (AvgIpc) is 3.12. The van der Waals surface area contributed by atoms with E-state index in [1.807, 2.05) is 45.0 Å². The quantitative estimate of drug-likeness (QED) is 0.364. The van der Waals surface area contributed by atoms with E-state index in [4.69, 9.17) is 28.2 Å². The molecule has 2 N–H and O–H groups in total. The molecule has 0 unspecified atom stereocenters. The van der Waals surface area contributed by atoms with Crippen LogP contribution in [0.2, 0.25) is 5.02 Å². The van der Waals surface area contributed by atoms with Gasteiger partial charge in [0, 0.05) is 11.3 Å². The number of nitrogens with zero attached hydrogens (tertiary/aromatic N) is 1. The highest BCUT2D eigenvalue weighted by Gasteiger charge is 2.14. The first-order valence-corrected chi connectivity index (χ1v) is 10.5. The molecule has 0 aliphatic carbocycles. The zero-order chi connectivity index (χ0) is 22.1. The van der Waals surface area contributed by atoms with E-state index in [2.05, 4.69) is 15.6 Å². The predicted octanol–water partition coefficient (Wildman–Crippen LogP) is 6.20. The Kier molecular flexibility index (Phi) is 5.76. The monoisotopic (exact) mass is 449 g/mol. The van der Waals surface area contributed by atoms with Crippen molar-refractivity contribution in [3.63, 3.8) is 0 Å². The Morgan fingerprint density at radius 3 is 2.45 bits per heavy atom. The van der Waals surface area contributed by atoms with Gasteiger partial charge in [-0.15, -0.1) is 0 Å². The minimum Gasteiger partial charge on any atom is -0.436 e. The Morgan fingerprint density at radius 2 is 1.71 bits per heavy atom. The van der Waals surface area contributed by atoms with E-state index >= 15 is 0 Å². The lowest BCUT2D eigenvalue weighted by atomic mass is 10.1. The SMILES string of the molecule is Cc1ccc(C(=O)NC(=S)Nc2ccc(Cl)c(-c3nc4cc(C)c(C)cc4o3)c2)cc1. The first-order chi connectivity index (χ1) is 14.8. The lowest BCUT2D eigenvalue weighted by molar-refractivity contribution is 0.0977. The van der Waals surface area contributed by atoms with Crippen molar-refractivity contribution in [1.29, 1.82) is 0 Å². The Balaban J connectivity index is 1.54. The molecule has 31 heavy (non-hydrogen) atoms. The molecule has 4 rings (SSSR count). The summed E-state index contributed by atoms with van der Waals surface area (Å²) in [6, 6.07) is 16.5. The van der Waals surface area contributed by atoms with Crippen molar-refractivity contribution in [3.8, 4) is 11.5 Å². The van der Waals surface area contributed by atoms with Crippen LogP contribution in [0.25, 0.3) is 22.6 Å². The summed E-state index contributed by atoms with van der Waals surface area (Å²) in [4.78, 5) is 16.9. The molecular weight excluding hydrogens is 430 g/mol. The van der Waals surface area contributed by atoms with Crippen LogP contribution < -0.4 is 10.6 Å². The largest absolute Gasteiger partial charge is 0.436 e. The maximum Gasteiger partial charge on any atom is 0.257 e. The van der Waals surface area contributed by atoms with E-state index in [1.165, 1.54) is 0 Å². The first-order valence-electron chi connectivity index (χ1n) is 9.67. The van der Waals surface area contributed by atoms with Crippen molar-refractivity contribution in [1.82, 2.24) is 10.3 Å². The van der Waals surface area contributed by atoms with Gasteiger partial charge in [-0.05, 0) is 86.6 Å². The Labute approximate surface area is 190 Å². The summed E-state index contributed by atoms with van der Waals surface area (Å²) in [6.07, 6.45) is 0. The van der Waals surface area contributed by atoms with Crippen LogP contribution in [0.5, 0.6) is 0 Å². The third-order valence-corrected chi connectivity index (χ3v) is 5.53. The molecule has 0 aliphatic rings. The molecule has 156 valence electrons. The number of nitrogens with one attached hydrogen (secondary N) is 2. The van der Waals surface area contributed by atoms with E-state index in [-0.39, 0.29) is 11.0 Å². The number of carbonyl (C=O) groups is 1. The third-order valence-electron chi connectivity index (χ3n) is 5.00. The zero-order valence-corrected chi connectivity index (χ0v) is 18.8. The van der Waals surface area contributed by atoms with Gasteiger partial charge in [0.25, 0.3) is 5.91 Å². The molecule has 5 nitrogen and oxygen atoms in total. The lowest BCUT2D eigenvalue weighted by Crippen LogP contribution is -2.34. The van der Waals surface area contributed by atoms with Gasteiger partial charge in [0.15, 0.2) is 10.7 Å². The molecule has 1 amide bonds. The number of oxazole rings is 1. The molecule has 0 spiro atoms. The molecule has 0 fully saturated rings. The molecule has 7 heteroatoms. The van der Waals surface area contributed by atoms with Crippen LogP contribution in [0.15, 0.2) is 59.0 Å². The number of hydrogen-bond donors (Lipinski definition) is 2. The van der Waals surface area contributed by atoms with Crippen LogP contribution in [0, 0.1) is 20.8 Å². The molecule has 0 atom stereocenters. The highest BCUT2D eigenvalue weighted by Crippen LogP contribution is 2.33. The number of hydrogen-bond acceptors (Lipinski definition) is 4. The summed E-state index contributed by atoms with van der Waals surface area (Å²) in [5.41, 5.74) is 6.64. The van der Waals surface area contributed by atoms with Crippen molar-refractivity contribution < 1.29 is 9.21 Å². The van der Waals surface area contributed by atoms with Crippen molar-refractivity contribution in [2.75, 3.05) is 5.32 Å². The zero-order valence-electron chi connectivity index (χ0n) is 17.2. The van der Waals surface area contributed by atoms with Gasteiger partial charge < -0.3 is 9.73 Å². The van der Waals surface area contributed by atoms with Gasteiger partial charge in [0.2, 0.25) is 5.89 Å². The summed E-state index contributed by atoms with van der Waals surface area (Å²) >= 11 is 11.7. The number of halogens is 1. The number of aromatic nitrogens is 1. The van der Waals surface area contributed by atoms with Crippen LogP contribution in [-0.2, 0) is 0 Å². The standard InChI is InChI=1S/C24H20ClN3O2S/c1-13-4-6-16(7-5-13)22(29)28-24(31)26-17-8-9-19(25)18(12-17)23-27-20-10-14(2)15(3)11-21(20)30-23/h4-12H,1-3H3,(H2,26,28,29,31). The topological polar surface area (TPSA) is 67.2 Å². The molecule has 0 saturated heterocycles. The summed E-state index contributed by atoms with van der Waals surface area (Å²) in [5.74, 6) is 0.139. The van der Waals surface area contributed by atoms with Gasteiger partial charge in [-0.25, -0.2) is 4.98 Å². The van der Waals surface area contributed by atoms with Crippen LogP contribution in [0.3, 0.4) is 0 Å². The number of rotatable bonds is 3. The molecule has 0 aliphatic heterocycles. The van der Waals surface area contributed by atoms with Crippen molar-refractivity contribution in [2.24, 2.45) is 0 Å². The number of carbonyl (C=O) groups excluding carboxylic acids is 1. The highest BCUT2D eigenvalue weighted by molar-refractivity contribution is 7.80. The normalized spacial score (nSPS) is 10.8. The molecule has 0 bridgehead atoms. The van der Waals surface area contributed by atoms with Crippen LogP contribution in [0.4, 0.5) is 5.69 Å². The van der Waals surface area contributed by atoms with Gasteiger partial charge in [-0.2, -0.15) is 0 Å². The van der Waals surface area contributed by atoms with Crippen molar-refractivity contribution in [3.05, 3.63) is 81.9 Å². The number of benzene rings is 3. The molecule has 4 aromatic rings. The number of fused-ring (bicyclic) bond motifs is 1. The Hall–Kier alpha value is -3.22. The smallest absolute Gasteiger partial charge is 0.257 e. The summed E-state index contributed by atoms with van der Waals surface area (Å²) in [6.45, 7) is 6.03. The van der Waals surface area contributed by atoms with E-state index < -0.39 is 0 Å². The van der Waals surface area contributed by atoms with Crippen LogP contribution in [0.1, 0.15) is 27.0 Å². The highest BCUT2D eigenvalue weighted by atomic mass is 35.5.